The molecule has 0 radical (unpaired) electrons. The fraction of sp³-hybridized carbons (Fsp3) is 0.857. The number of nitrogens with one attached hydrogen (secondary N) is 1. The van der Waals surface area contributed by atoms with Crippen LogP contribution in [0.25, 0.3) is 0 Å². The van der Waals surface area contributed by atoms with Gasteiger partial charge in [-0.2, -0.15) is 0 Å². The standard InChI is InChI=1S/C14H27N/c1-5-6-11-15-13(12-7-8-12)9-10-14(2,3)4/h15H,5-11H2,1-4H3. The highest BCUT2D eigenvalue weighted by molar-refractivity contribution is 5.24. The van der Waals surface area contributed by atoms with Crippen molar-refractivity contribution in [2.24, 2.45) is 5.41 Å². The van der Waals surface area contributed by atoms with Crippen LogP contribution in [0, 0.1) is 5.41 Å². The molecule has 0 bridgehead atoms. The van der Waals surface area contributed by atoms with E-state index in [1.165, 1.54) is 45.1 Å². The molecule has 1 N–H and O–H groups in total. The van der Waals surface area contributed by atoms with Gasteiger partial charge in [0.25, 0.3) is 0 Å². The van der Waals surface area contributed by atoms with Gasteiger partial charge in [0.15, 0.2) is 0 Å². The summed E-state index contributed by atoms with van der Waals surface area (Å²) < 4.78 is 0. The third kappa shape index (κ3) is 5.86. The van der Waals surface area contributed by atoms with Crippen molar-refractivity contribution in [2.45, 2.75) is 66.2 Å². The van der Waals surface area contributed by atoms with Gasteiger partial charge in [-0.1, -0.05) is 39.7 Å². The maximum Gasteiger partial charge on any atom is 0.0143 e. The predicted octanol–water partition coefficient (Wildman–Crippen LogP) is 4.25. The van der Waals surface area contributed by atoms with Gasteiger partial charge in [-0.25, -0.2) is 0 Å². The van der Waals surface area contributed by atoms with E-state index in [0.29, 0.717) is 5.41 Å². The lowest BCUT2D eigenvalue weighted by Gasteiger charge is -2.20. The Hall–Kier alpha value is -0.460. The van der Waals surface area contributed by atoms with Gasteiger partial charge >= 0.3 is 0 Å². The van der Waals surface area contributed by atoms with E-state index in [-0.39, 0.29) is 0 Å². The van der Waals surface area contributed by atoms with Gasteiger partial charge in [-0.05, 0) is 37.5 Å². The summed E-state index contributed by atoms with van der Waals surface area (Å²) in [4.78, 5) is 0. The summed E-state index contributed by atoms with van der Waals surface area (Å²) in [7, 11) is 0. The Labute approximate surface area is 95.3 Å². The Balaban J connectivity index is 2.30. The Morgan fingerprint density at radius 1 is 1.27 bits per heavy atom. The van der Waals surface area contributed by atoms with Crippen molar-refractivity contribution in [3.05, 3.63) is 11.3 Å². The van der Waals surface area contributed by atoms with Gasteiger partial charge in [0, 0.05) is 12.2 Å². The van der Waals surface area contributed by atoms with E-state index < -0.39 is 0 Å². The van der Waals surface area contributed by atoms with E-state index in [4.69, 9.17) is 0 Å². The van der Waals surface area contributed by atoms with Gasteiger partial charge in [-0.3, -0.25) is 0 Å². The lowest BCUT2D eigenvalue weighted by atomic mass is 9.89. The van der Waals surface area contributed by atoms with Crippen LogP contribution in [-0.2, 0) is 0 Å². The highest BCUT2D eigenvalue weighted by atomic mass is 14.9. The number of hydrogen-bond donors (Lipinski definition) is 1. The van der Waals surface area contributed by atoms with Crippen LogP contribution in [0.3, 0.4) is 0 Å². The Kier molecular flexibility index (Phi) is 4.69. The molecule has 15 heavy (non-hydrogen) atoms. The number of hydrogen-bond acceptors (Lipinski definition) is 1. The molecule has 1 saturated carbocycles. The largest absolute Gasteiger partial charge is 0.388 e. The number of allylic oxidation sites excluding steroid dienone is 2. The van der Waals surface area contributed by atoms with Gasteiger partial charge in [-0.15, -0.1) is 0 Å². The molecule has 1 rings (SSSR count). The van der Waals surface area contributed by atoms with Crippen LogP contribution in [0.5, 0.6) is 0 Å². The van der Waals surface area contributed by atoms with E-state index in [9.17, 15) is 0 Å². The molecular weight excluding hydrogens is 182 g/mol. The monoisotopic (exact) mass is 209 g/mol. The quantitative estimate of drug-likeness (QED) is 0.645. The minimum atomic E-state index is 0.465. The van der Waals surface area contributed by atoms with Crippen molar-refractivity contribution in [3.8, 4) is 0 Å². The minimum Gasteiger partial charge on any atom is -0.388 e. The van der Waals surface area contributed by atoms with Crippen LogP contribution in [0.2, 0.25) is 0 Å². The zero-order valence-corrected chi connectivity index (χ0v) is 10.9. The summed E-state index contributed by atoms with van der Waals surface area (Å²) >= 11 is 0. The Morgan fingerprint density at radius 3 is 2.40 bits per heavy atom. The summed E-state index contributed by atoms with van der Waals surface area (Å²) in [5, 5.41) is 3.63. The maximum atomic E-state index is 3.63. The molecule has 0 aromatic rings. The van der Waals surface area contributed by atoms with Crippen LogP contribution < -0.4 is 5.32 Å². The molecule has 0 unspecified atom stereocenters. The molecule has 0 atom stereocenters. The molecule has 1 heteroatoms. The summed E-state index contributed by atoms with van der Waals surface area (Å²) in [5.74, 6) is 0. The van der Waals surface area contributed by atoms with Crippen LogP contribution >= 0.6 is 0 Å². The summed E-state index contributed by atoms with van der Waals surface area (Å²) in [5.41, 5.74) is 3.72. The van der Waals surface area contributed by atoms with Gasteiger partial charge in [0.2, 0.25) is 0 Å². The zero-order valence-electron chi connectivity index (χ0n) is 10.9. The van der Waals surface area contributed by atoms with E-state index in [1.54, 1.807) is 11.3 Å². The molecule has 1 fully saturated rings. The summed E-state index contributed by atoms with van der Waals surface area (Å²) in [6.07, 6.45) is 7.83. The van der Waals surface area contributed by atoms with Crippen molar-refractivity contribution >= 4 is 0 Å². The Morgan fingerprint density at radius 2 is 1.93 bits per heavy atom. The molecule has 0 spiro atoms. The average Bonchev–Trinajstić information content (AvgIpc) is 2.92. The topological polar surface area (TPSA) is 12.0 Å². The second-order valence-electron chi connectivity index (χ2n) is 5.92. The van der Waals surface area contributed by atoms with Crippen molar-refractivity contribution in [1.82, 2.24) is 5.32 Å². The number of rotatable bonds is 6. The number of unbranched alkanes of at least 4 members (excludes halogenated alkanes) is 1. The first-order chi connectivity index (χ1) is 7.03. The normalized spacial score (nSPS) is 15.3. The van der Waals surface area contributed by atoms with Crippen molar-refractivity contribution in [3.63, 3.8) is 0 Å². The minimum absolute atomic E-state index is 0.465. The molecule has 0 saturated heterocycles. The third-order valence-electron chi connectivity index (χ3n) is 2.92. The van der Waals surface area contributed by atoms with E-state index >= 15 is 0 Å². The van der Waals surface area contributed by atoms with Gasteiger partial charge < -0.3 is 5.32 Å². The predicted molar refractivity (Wildman–Crippen MR) is 67.9 cm³/mol. The molecule has 88 valence electrons. The van der Waals surface area contributed by atoms with Crippen molar-refractivity contribution < 1.29 is 0 Å². The van der Waals surface area contributed by atoms with Crippen molar-refractivity contribution in [2.75, 3.05) is 6.54 Å². The molecule has 1 nitrogen and oxygen atoms in total. The van der Waals surface area contributed by atoms with Crippen molar-refractivity contribution in [1.29, 1.82) is 0 Å². The van der Waals surface area contributed by atoms with E-state index in [0.717, 1.165) is 0 Å². The molecule has 0 heterocycles. The molecule has 0 aromatic heterocycles. The van der Waals surface area contributed by atoms with Gasteiger partial charge in [0.1, 0.15) is 0 Å². The first-order valence-electron chi connectivity index (χ1n) is 6.47. The highest BCUT2D eigenvalue weighted by Crippen LogP contribution is 2.34. The fourth-order valence-corrected chi connectivity index (χ4v) is 1.67. The zero-order chi connectivity index (χ0) is 11.3. The maximum absolute atomic E-state index is 3.63. The first-order valence-corrected chi connectivity index (χ1v) is 6.47. The molecule has 0 amide bonds. The Bertz CT molecular complexity index is 214. The van der Waals surface area contributed by atoms with Crippen LogP contribution in [0.4, 0.5) is 0 Å². The second kappa shape index (κ2) is 5.58. The molecule has 0 aliphatic heterocycles. The van der Waals surface area contributed by atoms with Crippen LogP contribution in [0.1, 0.15) is 66.2 Å². The summed E-state index contributed by atoms with van der Waals surface area (Å²) in [6.45, 7) is 10.4. The average molecular weight is 209 g/mol. The van der Waals surface area contributed by atoms with Crippen LogP contribution in [0.15, 0.2) is 11.3 Å². The second-order valence-corrected chi connectivity index (χ2v) is 5.92. The van der Waals surface area contributed by atoms with Gasteiger partial charge in [0.05, 0.1) is 0 Å². The molecule has 1 aliphatic rings. The van der Waals surface area contributed by atoms with E-state index in [1.807, 2.05) is 0 Å². The SMILES string of the molecule is CCCCNC(CCC(C)(C)C)=C1CC1. The third-order valence-corrected chi connectivity index (χ3v) is 2.92. The molecular formula is C14H27N. The fourth-order valence-electron chi connectivity index (χ4n) is 1.67. The van der Waals surface area contributed by atoms with E-state index in [2.05, 4.69) is 33.0 Å². The molecule has 0 aromatic carbocycles. The first kappa shape index (κ1) is 12.6. The molecule has 1 aliphatic carbocycles. The lowest BCUT2D eigenvalue weighted by Crippen LogP contribution is -2.17. The van der Waals surface area contributed by atoms with Crippen LogP contribution in [-0.4, -0.2) is 6.54 Å². The summed E-state index contributed by atoms with van der Waals surface area (Å²) in [6, 6.07) is 0. The lowest BCUT2D eigenvalue weighted by molar-refractivity contribution is 0.373. The highest BCUT2D eigenvalue weighted by Gasteiger charge is 2.19. The smallest absolute Gasteiger partial charge is 0.0143 e.